The first-order chi connectivity index (χ1) is 14.0. The van der Waals surface area contributed by atoms with E-state index in [-0.39, 0.29) is 12.1 Å². The number of hydrogen-bond donors (Lipinski definition) is 1. The second-order valence-electron chi connectivity index (χ2n) is 6.64. The number of fused-ring (bicyclic) bond motifs is 1. The number of benzene rings is 1. The van der Waals surface area contributed by atoms with Gasteiger partial charge in [-0.05, 0) is 6.07 Å². The zero-order valence-electron chi connectivity index (χ0n) is 15.5. The van der Waals surface area contributed by atoms with Crippen LogP contribution >= 0.6 is 11.8 Å². The van der Waals surface area contributed by atoms with Gasteiger partial charge in [-0.15, -0.1) is 11.8 Å². The molecule has 10 heteroatoms. The Hall–Kier alpha value is -2.85. The number of aromatic nitrogens is 6. The summed E-state index contributed by atoms with van der Waals surface area (Å²) in [6.07, 6.45) is 9.68. The Kier molecular flexibility index (Phi) is 5.29. The summed E-state index contributed by atoms with van der Waals surface area (Å²) in [5.74, 6) is -0.256. The highest BCUT2D eigenvalue weighted by atomic mass is 32.2. The van der Waals surface area contributed by atoms with Crippen molar-refractivity contribution in [3.63, 3.8) is 0 Å². The quantitative estimate of drug-likeness (QED) is 0.499. The Morgan fingerprint density at radius 3 is 2.86 bits per heavy atom. The summed E-state index contributed by atoms with van der Waals surface area (Å²) in [7, 11) is 0. The number of aliphatic hydroxyl groups is 1. The first-order valence-corrected chi connectivity index (χ1v) is 9.90. The van der Waals surface area contributed by atoms with Crippen molar-refractivity contribution in [1.29, 1.82) is 0 Å². The topological polar surface area (TPSA) is 81.1 Å². The molecule has 0 amide bonds. The second kappa shape index (κ2) is 7.88. The van der Waals surface area contributed by atoms with Gasteiger partial charge >= 0.3 is 0 Å². The Morgan fingerprint density at radius 2 is 2.10 bits per heavy atom. The fourth-order valence-electron chi connectivity index (χ4n) is 3.19. The van der Waals surface area contributed by atoms with Crippen LogP contribution in [0.15, 0.2) is 55.6 Å². The van der Waals surface area contributed by atoms with Crippen LogP contribution < -0.4 is 0 Å². The van der Waals surface area contributed by atoms with Crippen LogP contribution in [-0.4, -0.2) is 39.5 Å². The molecule has 3 aromatic heterocycles. The van der Waals surface area contributed by atoms with Crippen LogP contribution in [-0.2, 0) is 17.9 Å². The third-order valence-electron chi connectivity index (χ3n) is 4.81. The highest BCUT2D eigenvalue weighted by molar-refractivity contribution is 7.99. The molecule has 0 aliphatic heterocycles. The van der Waals surface area contributed by atoms with Gasteiger partial charge in [0.05, 0.1) is 30.2 Å². The lowest BCUT2D eigenvalue weighted by Gasteiger charge is -2.34. The molecule has 0 bridgehead atoms. The predicted octanol–water partition coefficient (Wildman–Crippen LogP) is 2.81. The van der Waals surface area contributed by atoms with Crippen molar-refractivity contribution in [1.82, 2.24) is 29.1 Å². The predicted molar refractivity (Wildman–Crippen MR) is 104 cm³/mol. The zero-order chi connectivity index (χ0) is 20.4. The molecule has 7 nitrogen and oxygen atoms in total. The number of hydrogen-bond acceptors (Lipinski definition) is 6. The van der Waals surface area contributed by atoms with Gasteiger partial charge in [-0.1, -0.05) is 13.0 Å². The van der Waals surface area contributed by atoms with Gasteiger partial charge in [0.25, 0.3) is 0 Å². The Labute approximate surface area is 169 Å². The second-order valence-corrected chi connectivity index (χ2v) is 7.97. The molecule has 0 aliphatic carbocycles. The SMILES string of the molecule is C[C@@H](SCc1ncc2cnccn12)[C@](O)(Cn1cncn1)c1ccc(F)cc1F. The van der Waals surface area contributed by atoms with Gasteiger partial charge in [-0.25, -0.2) is 23.4 Å². The maximum atomic E-state index is 14.6. The van der Waals surface area contributed by atoms with E-state index in [2.05, 4.69) is 20.1 Å². The highest BCUT2D eigenvalue weighted by Crippen LogP contribution is 2.37. The summed E-state index contributed by atoms with van der Waals surface area (Å²) in [5, 5.41) is 15.1. The molecule has 3 heterocycles. The third kappa shape index (κ3) is 3.85. The Bertz CT molecular complexity index is 1120. The standard InChI is InChI=1S/C19H18F2N6OS/c1-13(29-9-18-24-8-15-7-22-4-5-27(15)18)19(28,10-26-12-23-11-25-26)16-3-2-14(20)6-17(16)21/h2-8,11-13,28H,9-10H2,1H3/t13-,19-/m1/s1. The minimum absolute atomic E-state index is 0.00609. The monoisotopic (exact) mass is 416 g/mol. The van der Waals surface area contributed by atoms with Gasteiger partial charge in [0.2, 0.25) is 0 Å². The van der Waals surface area contributed by atoms with Crippen LogP contribution in [0.2, 0.25) is 0 Å². The average Bonchev–Trinajstić information content (AvgIpc) is 3.35. The molecule has 0 fully saturated rings. The number of nitrogens with zero attached hydrogens (tertiary/aromatic N) is 6. The minimum Gasteiger partial charge on any atom is -0.382 e. The van der Waals surface area contributed by atoms with E-state index in [0.29, 0.717) is 5.75 Å². The van der Waals surface area contributed by atoms with Gasteiger partial charge in [-0.2, -0.15) is 5.10 Å². The molecule has 0 spiro atoms. The van der Waals surface area contributed by atoms with E-state index in [1.54, 1.807) is 25.5 Å². The lowest BCUT2D eigenvalue weighted by atomic mass is 9.90. The highest BCUT2D eigenvalue weighted by Gasteiger charge is 2.39. The molecule has 2 atom stereocenters. The van der Waals surface area contributed by atoms with Crippen LogP contribution in [0.3, 0.4) is 0 Å². The summed E-state index contributed by atoms with van der Waals surface area (Å²) in [6.45, 7) is 1.76. The van der Waals surface area contributed by atoms with E-state index in [1.165, 1.54) is 35.2 Å². The van der Waals surface area contributed by atoms with Crippen LogP contribution in [0, 0.1) is 11.6 Å². The molecule has 0 saturated heterocycles. The summed E-state index contributed by atoms with van der Waals surface area (Å²) in [5.41, 5.74) is -0.783. The van der Waals surface area contributed by atoms with Gasteiger partial charge < -0.3 is 5.11 Å². The van der Waals surface area contributed by atoms with Crippen molar-refractivity contribution in [2.45, 2.75) is 30.1 Å². The molecule has 29 heavy (non-hydrogen) atoms. The summed E-state index contributed by atoms with van der Waals surface area (Å²) in [6, 6.07) is 3.18. The molecular formula is C19H18F2N6OS. The van der Waals surface area contributed by atoms with E-state index in [9.17, 15) is 13.9 Å². The molecule has 4 aromatic rings. The molecule has 150 valence electrons. The van der Waals surface area contributed by atoms with Crippen LogP contribution in [0.4, 0.5) is 8.78 Å². The number of thioether (sulfide) groups is 1. The summed E-state index contributed by atoms with van der Waals surface area (Å²) in [4.78, 5) is 12.3. The van der Waals surface area contributed by atoms with Crippen LogP contribution in [0.25, 0.3) is 5.52 Å². The van der Waals surface area contributed by atoms with Crippen molar-refractivity contribution in [2.75, 3.05) is 0 Å². The largest absolute Gasteiger partial charge is 0.382 e. The van der Waals surface area contributed by atoms with Gasteiger partial charge in [0.1, 0.15) is 35.7 Å². The van der Waals surface area contributed by atoms with Crippen molar-refractivity contribution < 1.29 is 13.9 Å². The van der Waals surface area contributed by atoms with E-state index in [4.69, 9.17) is 0 Å². The van der Waals surface area contributed by atoms with Gasteiger partial charge in [0, 0.05) is 29.3 Å². The molecule has 0 saturated carbocycles. The third-order valence-corrected chi connectivity index (χ3v) is 6.13. The molecule has 0 unspecified atom stereocenters. The van der Waals surface area contributed by atoms with Crippen molar-refractivity contribution in [3.05, 3.63) is 78.7 Å². The first-order valence-electron chi connectivity index (χ1n) is 8.85. The van der Waals surface area contributed by atoms with E-state index in [1.807, 2.05) is 10.6 Å². The van der Waals surface area contributed by atoms with E-state index < -0.39 is 22.5 Å². The molecule has 1 N–H and O–H groups in total. The van der Waals surface area contributed by atoms with E-state index in [0.717, 1.165) is 23.5 Å². The van der Waals surface area contributed by atoms with Crippen molar-refractivity contribution in [2.24, 2.45) is 0 Å². The van der Waals surface area contributed by atoms with Crippen LogP contribution in [0.1, 0.15) is 18.3 Å². The van der Waals surface area contributed by atoms with Gasteiger partial charge in [0.15, 0.2) is 0 Å². The number of rotatable bonds is 7. The summed E-state index contributed by atoms with van der Waals surface area (Å²) < 4.78 is 31.3. The van der Waals surface area contributed by atoms with Gasteiger partial charge in [-0.3, -0.25) is 9.38 Å². The van der Waals surface area contributed by atoms with Crippen molar-refractivity contribution >= 4 is 17.3 Å². The smallest absolute Gasteiger partial charge is 0.137 e. The molecule has 0 aliphatic rings. The Morgan fingerprint density at radius 1 is 1.24 bits per heavy atom. The lowest BCUT2D eigenvalue weighted by molar-refractivity contribution is 0.0133. The first kappa shape index (κ1) is 19.5. The summed E-state index contributed by atoms with van der Waals surface area (Å²) >= 11 is 1.41. The zero-order valence-corrected chi connectivity index (χ0v) is 16.3. The minimum atomic E-state index is -1.65. The Balaban J connectivity index is 1.63. The molecule has 0 radical (unpaired) electrons. The fraction of sp³-hybridized carbons (Fsp3) is 0.263. The maximum Gasteiger partial charge on any atom is 0.137 e. The van der Waals surface area contributed by atoms with Crippen LogP contribution in [0.5, 0.6) is 0 Å². The maximum absolute atomic E-state index is 14.6. The molecular weight excluding hydrogens is 398 g/mol. The molecule has 1 aromatic carbocycles. The number of imidazole rings is 1. The normalized spacial score (nSPS) is 14.8. The fourth-order valence-corrected chi connectivity index (χ4v) is 4.28. The average molecular weight is 416 g/mol. The van der Waals surface area contributed by atoms with E-state index >= 15 is 0 Å². The number of halogens is 2. The molecule has 4 rings (SSSR count). The van der Waals surface area contributed by atoms with Crippen molar-refractivity contribution in [3.8, 4) is 0 Å². The lowest BCUT2D eigenvalue weighted by Crippen LogP contribution is -2.41.